The van der Waals surface area contributed by atoms with Crippen molar-refractivity contribution in [2.45, 2.75) is 40.3 Å². The zero-order valence-corrected chi connectivity index (χ0v) is 20.4. The highest BCUT2D eigenvalue weighted by atomic mass is 35.5. The van der Waals surface area contributed by atoms with Crippen molar-refractivity contribution < 1.29 is 22.4 Å². The van der Waals surface area contributed by atoms with Gasteiger partial charge in [0, 0.05) is 5.02 Å². The van der Waals surface area contributed by atoms with Crippen LogP contribution in [0.2, 0.25) is 5.02 Å². The molecule has 3 rings (SSSR count). The maximum atomic E-state index is 12.5. The normalized spacial score (nSPS) is 12.3. The quantitative estimate of drug-likeness (QED) is 0.457. The third kappa shape index (κ3) is 6.27. The second-order valence-corrected chi connectivity index (χ2v) is 9.91. The number of carbonyl (C=O) groups excluding carboxylic acids is 1. The van der Waals surface area contributed by atoms with Gasteiger partial charge in [0.1, 0.15) is 17.2 Å². The Morgan fingerprint density at radius 3 is 2.64 bits per heavy atom. The Morgan fingerprint density at radius 1 is 1.21 bits per heavy atom. The number of oxazole rings is 1. The molecule has 2 N–H and O–H groups in total. The molecule has 0 aliphatic heterocycles. The molecule has 176 valence electrons. The van der Waals surface area contributed by atoms with Gasteiger partial charge in [-0.2, -0.15) is 0 Å². The smallest absolute Gasteiger partial charge is 0.261 e. The first-order valence-electron chi connectivity index (χ1n) is 10.4. The highest BCUT2D eigenvalue weighted by Crippen LogP contribution is 2.29. The Kier molecular flexibility index (Phi) is 7.65. The Morgan fingerprint density at radius 2 is 1.94 bits per heavy atom. The third-order valence-electron chi connectivity index (χ3n) is 4.94. The summed E-state index contributed by atoms with van der Waals surface area (Å²) in [6.07, 6.45) is -0.735. The van der Waals surface area contributed by atoms with E-state index in [2.05, 4.69) is 15.0 Å². The van der Waals surface area contributed by atoms with Crippen molar-refractivity contribution in [1.29, 1.82) is 0 Å². The van der Waals surface area contributed by atoms with E-state index in [9.17, 15) is 13.2 Å². The first kappa shape index (κ1) is 24.6. The minimum Gasteiger partial charge on any atom is -0.481 e. The van der Waals surface area contributed by atoms with Crippen molar-refractivity contribution in [1.82, 2.24) is 10.3 Å². The number of aryl methyl sites for hydroxylation is 2. The van der Waals surface area contributed by atoms with Gasteiger partial charge in [-0.15, -0.1) is 0 Å². The number of sulfonamides is 1. The molecule has 2 aromatic carbocycles. The Bertz CT molecular complexity index is 1260. The summed E-state index contributed by atoms with van der Waals surface area (Å²) in [6.45, 7) is 6.92. The van der Waals surface area contributed by atoms with Gasteiger partial charge in [-0.3, -0.25) is 9.52 Å². The van der Waals surface area contributed by atoms with Gasteiger partial charge in [-0.05, 0) is 63.6 Å². The Hall–Kier alpha value is -3.04. The van der Waals surface area contributed by atoms with Crippen LogP contribution in [0.4, 0.5) is 5.69 Å². The summed E-state index contributed by atoms with van der Waals surface area (Å²) in [5, 5.41) is 3.39. The molecule has 8 nitrogen and oxygen atoms in total. The molecule has 1 amide bonds. The topological polar surface area (TPSA) is 111 Å². The van der Waals surface area contributed by atoms with Gasteiger partial charge in [0.15, 0.2) is 6.10 Å². The summed E-state index contributed by atoms with van der Waals surface area (Å²) < 4.78 is 38.1. The second-order valence-electron chi connectivity index (χ2n) is 7.46. The maximum Gasteiger partial charge on any atom is 0.261 e. The van der Waals surface area contributed by atoms with Crippen molar-refractivity contribution in [3.63, 3.8) is 0 Å². The molecule has 1 aromatic heterocycles. The highest BCUT2D eigenvalue weighted by Gasteiger charge is 2.20. The second kappa shape index (κ2) is 10.3. The predicted octanol–water partition coefficient (Wildman–Crippen LogP) is 4.46. The van der Waals surface area contributed by atoms with Crippen LogP contribution in [0.15, 0.2) is 46.9 Å². The van der Waals surface area contributed by atoms with Gasteiger partial charge in [-0.1, -0.05) is 23.7 Å². The number of hydrogen-bond acceptors (Lipinski definition) is 6. The van der Waals surface area contributed by atoms with Crippen LogP contribution in [0.5, 0.6) is 5.75 Å². The van der Waals surface area contributed by atoms with Crippen LogP contribution in [-0.4, -0.2) is 31.2 Å². The van der Waals surface area contributed by atoms with Crippen molar-refractivity contribution in [2.24, 2.45) is 0 Å². The van der Waals surface area contributed by atoms with E-state index in [0.29, 0.717) is 33.5 Å². The molecule has 0 unspecified atom stereocenters. The van der Waals surface area contributed by atoms with E-state index in [1.165, 1.54) is 0 Å². The fourth-order valence-corrected chi connectivity index (χ4v) is 3.89. The molecular weight excluding hydrogens is 466 g/mol. The monoisotopic (exact) mass is 491 g/mol. The van der Waals surface area contributed by atoms with Crippen LogP contribution in [0.3, 0.4) is 0 Å². The lowest BCUT2D eigenvalue weighted by Crippen LogP contribution is -2.36. The summed E-state index contributed by atoms with van der Waals surface area (Å²) in [7, 11) is -3.47. The molecule has 0 aliphatic carbocycles. The molecule has 3 aromatic rings. The number of carbonyl (C=O) groups is 1. The van der Waals surface area contributed by atoms with Crippen LogP contribution < -0.4 is 14.8 Å². The van der Waals surface area contributed by atoms with Crippen molar-refractivity contribution in [3.8, 4) is 17.2 Å². The van der Waals surface area contributed by atoms with Crippen molar-refractivity contribution in [2.75, 3.05) is 10.5 Å². The van der Waals surface area contributed by atoms with Crippen molar-refractivity contribution in [3.05, 3.63) is 64.5 Å². The molecule has 1 atom stereocenters. The molecule has 0 saturated heterocycles. The number of rotatable bonds is 9. The lowest BCUT2D eigenvalue weighted by molar-refractivity contribution is -0.127. The number of nitrogens with zero attached hydrogens (tertiary/aromatic N) is 1. The van der Waals surface area contributed by atoms with Gasteiger partial charge in [0.2, 0.25) is 15.9 Å². The number of hydrogen-bond donors (Lipinski definition) is 2. The molecule has 0 aliphatic rings. The zero-order valence-electron chi connectivity index (χ0n) is 18.8. The fraction of sp³-hybridized carbons (Fsp3) is 0.304. The molecule has 33 heavy (non-hydrogen) atoms. The number of benzene rings is 2. The van der Waals surface area contributed by atoms with Gasteiger partial charge in [0.25, 0.3) is 5.91 Å². The third-order valence-corrected chi connectivity index (χ3v) is 6.46. The minimum absolute atomic E-state index is 0.0565. The summed E-state index contributed by atoms with van der Waals surface area (Å²) in [5.41, 5.74) is 2.24. The lowest BCUT2D eigenvalue weighted by atomic mass is 10.2. The lowest BCUT2D eigenvalue weighted by Gasteiger charge is -2.16. The zero-order chi connectivity index (χ0) is 24.2. The first-order chi connectivity index (χ1) is 15.6. The van der Waals surface area contributed by atoms with Crippen LogP contribution in [-0.2, 0) is 21.4 Å². The predicted molar refractivity (Wildman–Crippen MR) is 128 cm³/mol. The number of aromatic nitrogens is 1. The van der Waals surface area contributed by atoms with E-state index in [0.717, 1.165) is 5.56 Å². The van der Waals surface area contributed by atoms with E-state index in [4.69, 9.17) is 20.8 Å². The van der Waals surface area contributed by atoms with Crippen LogP contribution in [0, 0.1) is 13.8 Å². The van der Waals surface area contributed by atoms with E-state index < -0.39 is 16.1 Å². The number of ether oxygens (including phenoxy) is 1. The standard InChI is InChI=1S/C23H26ClN3O5S/c1-5-33(29,30)27-19-9-7-6-8-18(19)23-26-20(15(3)32-23)13-25-22(28)16(4)31-21-11-10-17(24)12-14(21)2/h6-12,16,27H,5,13H2,1-4H3,(H,25,28)/t16-/m0/s1. The van der Waals surface area contributed by atoms with Crippen LogP contribution in [0.25, 0.3) is 11.5 Å². The highest BCUT2D eigenvalue weighted by molar-refractivity contribution is 7.92. The molecule has 0 saturated carbocycles. The number of halogens is 1. The fourth-order valence-electron chi connectivity index (χ4n) is 3.01. The van der Waals surface area contributed by atoms with Crippen molar-refractivity contribution >= 4 is 33.2 Å². The summed E-state index contributed by atoms with van der Waals surface area (Å²) >= 11 is 5.96. The molecule has 1 heterocycles. The number of para-hydroxylation sites is 1. The molecule has 0 spiro atoms. The summed E-state index contributed by atoms with van der Waals surface area (Å²) in [4.78, 5) is 17.0. The van der Waals surface area contributed by atoms with E-state index in [1.54, 1.807) is 63.2 Å². The molecule has 0 fully saturated rings. The summed E-state index contributed by atoms with van der Waals surface area (Å²) in [5.74, 6) is 0.976. The SMILES string of the molecule is CCS(=O)(=O)Nc1ccccc1-c1nc(CNC(=O)[C@H](C)Oc2ccc(Cl)cc2C)c(C)o1. The van der Waals surface area contributed by atoms with E-state index >= 15 is 0 Å². The van der Waals surface area contributed by atoms with Gasteiger partial charge < -0.3 is 14.5 Å². The Labute approximate surface area is 198 Å². The van der Waals surface area contributed by atoms with Crippen LogP contribution >= 0.6 is 11.6 Å². The van der Waals surface area contributed by atoms with E-state index in [1.807, 2.05) is 6.92 Å². The largest absolute Gasteiger partial charge is 0.481 e. The number of amides is 1. The van der Waals surface area contributed by atoms with Gasteiger partial charge >= 0.3 is 0 Å². The first-order valence-corrected chi connectivity index (χ1v) is 12.4. The average Bonchev–Trinajstić information content (AvgIpc) is 3.14. The Balaban J connectivity index is 1.70. The van der Waals surface area contributed by atoms with E-state index in [-0.39, 0.29) is 24.1 Å². The summed E-state index contributed by atoms with van der Waals surface area (Å²) in [6, 6.07) is 12.0. The molecular formula is C23H26ClN3O5S. The minimum atomic E-state index is -3.47. The number of nitrogens with one attached hydrogen (secondary N) is 2. The molecule has 0 radical (unpaired) electrons. The molecule has 10 heteroatoms. The maximum absolute atomic E-state index is 12.5. The number of anilines is 1. The molecule has 0 bridgehead atoms. The average molecular weight is 492 g/mol. The van der Waals surface area contributed by atoms with Gasteiger partial charge in [-0.25, -0.2) is 13.4 Å². The van der Waals surface area contributed by atoms with Crippen LogP contribution in [0.1, 0.15) is 30.9 Å². The van der Waals surface area contributed by atoms with Gasteiger partial charge in [0.05, 0.1) is 23.5 Å².